The van der Waals surface area contributed by atoms with Gasteiger partial charge < -0.3 is 15.4 Å². The lowest BCUT2D eigenvalue weighted by Gasteiger charge is -2.19. The first kappa shape index (κ1) is 27.1. The Morgan fingerprint density at radius 2 is 1.77 bits per heavy atom. The van der Waals surface area contributed by atoms with Crippen molar-refractivity contribution < 1.29 is 36.3 Å². The van der Waals surface area contributed by atoms with Crippen LogP contribution in [0.5, 0.6) is 5.75 Å². The molecule has 2 N–H and O–H groups in total. The van der Waals surface area contributed by atoms with Crippen molar-refractivity contribution >= 4 is 29.1 Å². The molecule has 0 bridgehead atoms. The number of amides is 2. The van der Waals surface area contributed by atoms with Crippen molar-refractivity contribution in [3.05, 3.63) is 111 Å². The Bertz CT molecular complexity index is 1680. The number of carbonyl (C=O) groups is 2. The second-order valence-electron chi connectivity index (χ2n) is 8.85. The number of halogens is 6. The first-order chi connectivity index (χ1) is 18.9. The number of hydrogen-bond donors (Lipinski definition) is 2. The molecule has 40 heavy (non-hydrogen) atoms. The van der Waals surface area contributed by atoms with E-state index in [9.17, 15) is 31.5 Å². The van der Waals surface area contributed by atoms with Crippen molar-refractivity contribution in [2.45, 2.75) is 12.2 Å². The predicted octanol–water partition coefficient (Wildman–Crippen LogP) is 6.79. The van der Waals surface area contributed by atoms with E-state index >= 15 is 0 Å². The molecule has 2 heterocycles. The zero-order valence-electron chi connectivity index (χ0n) is 20.4. The second-order valence-corrected chi connectivity index (χ2v) is 9.26. The average molecular weight is 574 g/mol. The van der Waals surface area contributed by atoms with Gasteiger partial charge in [0.05, 0.1) is 24.9 Å². The van der Waals surface area contributed by atoms with Crippen LogP contribution in [0.2, 0.25) is 5.02 Å². The number of carbonyl (C=O) groups excluding carboxylic acids is 2. The van der Waals surface area contributed by atoms with E-state index in [1.807, 2.05) is 0 Å². The molecule has 0 saturated heterocycles. The fourth-order valence-corrected chi connectivity index (χ4v) is 4.67. The first-order valence-corrected chi connectivity index (χ1v) is 11.9. The van der Waals surface area contributed by atoms with Gasteiger partial charge in [-0.2, -0.15) is 13.2 Å². The molecular weight excluding hydrogens is 557 g/mol. The van der Waals surface area contributed by atoms with Gasteiger partial charge in [0.15, 0.2) is 0 Å². The number of benzene rings is 3. The monoisotopic (exact) mass is 573 g/mol. The third-order valence-corrected chi connectivity index (χ3v) is 6.62. The molecule has 0 radical (unpaired) electrons. The quantitative estimate of drug-likeness (QED) is 0.258. The van der Waals surface area contributed by atoms with Crippen molar-refractivity contribution in [3.63, 3.8) is 0 Å². The molecule has 1 atom stereocenters. The maximum absolute atomic E-state index is 14.1. The predicted molar refractivity (Wildman–Crippen MR) is 136 cm³/mol. The Labute approximate surface area is 228 Å². The number of nitrogens with one attached hydrogen (secondary N) is 2. The van der Waals surface area contributed by atoms with Crippen LogP contribution in [0, 0.1) is 11.6 Å². The molecule has 1 aliphatic heterocycles. The summed E-state index contributed by atoms with van der Waals surface area (Å²) in [7, 11) is 1.43. The fourth-order valence-electron chi connectivity index (χ4n) is 4.44. The van der Waals surface area contributed by atoms with Crippen LogP contribution in [0.3, 0.4) is 0 Å². The van der Waals surface area contributed by atoms with Crippen LogP contribution in [-0.4, -0.2) is 23.9 Å². The number of anilines is 1. The number of aromatic nitrogens is 1. The Morgan fingerprint density at radius 3 is 2.50 bits per heavy atom. The highest BCUT2D eigenvalue weighted by Gasteiger charge is 2.36. The molecule has 0 fully saturated rings. The molecule has 1 aliphatic rings. The van der Waals surface area contributed by atoms with Crippen LogP contribution in [0.15, 0.2) is 67.0 Å². The van der Waals surface area contributed by atoms with Crippen LogP contribution in [-0.2, 0) is 6.18 Å². The summed E-state index contributed by atoms with van der Waals surface area (Å²) >= 11 is 6.31. The summed E-state index contributed by atoms with van der Waals surface area (Å²) < 4.78 is 73.2. The van der Waals surface area contributed by atoms with E-state index < -0.39 is 46.8 Å². The number of methoxy groups -OCH3 is 1. The van der Waals surface area contributed by atoms with Crippen LogP contribution >= 0.6 is 11.6 Å². The van der Waals surface area contributed by atoms with E-state index in [1.54, 1.807) is 6.07 Å². The topological polar surface area (TPSA) is 80.3 Å². The third-order valence-electron chi connectivity index (χ3n) is 6.28. The lowest BCUT2D eigenvalue weighted by molar-refractivity contribution is -0.137. The number of nitrogens with zero attached hydrogens (tertiary/aromatic N) is 1. The highest BCUT2D eigenvalue weighted by atomic mass is 35.5. The minimum atomic E-state index is -4.90. The third kappa shape index (κ3) is 5.20. The van der Waals surface area contributed by atoms with Gasteiger partial charge in [-0.3, -0.25) is 14.6 Å². The second kappa shape index (κ2) is 10.2. The zero-order valence-corrected chi connectivity index (χ0v) is 21.1. The van der Waals surface area contributed by atoms with E-state index in [0.717, 1.165) is 12.1 Å². The first-order valence-electron chi connectivity index (χ1n) is 11.6. The molecule has 0 saturated carbocycles. The van der Waals surface area contributed by atoms with Gasteiger partial charge in [-0.15, -0.1) is 0 Å². The number of pyridine rings is 1. The summed E-state index contributed by atoms with van der Waals surface area (Å²) in [5, 5.41) is 5.33. The number of ether oxygens (including phenoxy) is 1. The van der Waals surface area contributed by atoms with Crippen LogP contribution in [0.1, 0.15) is 43.4 Å². The molecule has 1 aromatic heterocycles. The average Bonchev–Trinajstić information content (AvgIpc) is 3.25. The summed E-state index contributed by atoms with van der Waals surface area (Å²) in [5.41, 5.74) is -0.590. The number of alkyl halides is 3. The molecule has 1 unspecified atom stereocenters. The van der Waals surface area contributed by atoms with E-state index in [-0.39, 0.29) is 33.5 Å². The lowest BCUT2D eigenvalue weighted by atomic mass is 9.93. The van der Waals surface area contributed by atoms with Gasteiger partial charge in [0.1, 0.15) is 17.4 Å². The van der Waals surface area contributed by atoms with E-state index in [0.29, 0.717) is 29.0 Å². The van der Waals surface area contributed by atoms with Crippen molar-refractivity contribution in [1.29, 1.82) is 0 Å². The number of fused-ring (bicyclic) bond motifs is 1. The van der Waals surface area contributed by atoms with Gasteiger partial charge in [-0.25, -0.2) is 8.78 Å². The van der Waals surface area contributed by atoms with Gasteiger partial charge in [0.25, 0.3) is 11.8 Å². The summed E-state index contributed by atoms with van der Waals surface area (Å²) in [5.74, 6) is -3.14. The van der Waals surface area contributed by atoms with E-state index in [1.165, 1.54) is 37.7 Å². The van der Waals surface area contributed by atoms with Crippen molar-refractivity contribution in [2.75, 3.05) is 12.4 Å². The fraction of sp³-hybridized carbons (Fsp3) is 0.107. The van der Waals surface area contributed by atoms with Crippen LogP contribution < -0.4 is 15.4 Å². The summed E-state index contributed by atoms with van der Waals surface area (Å²) in [6, 6.07) is 8.59. The Balaban J connectivity index is 1.67. The molecule has 6 nitrogen and oxygen atoms in total. The molecule has 12 heteroatoms. The molecule has 0 spiro atoms. The molecular formula is C28H17ClF5N3O3. The Morgan fingerprint density at radius 1 is 1.00 bits per heavy atom. The van der Waals surface area contributed by atoms with Gasteiger partial charge >= 0.3 is 6.18 Å². The van der Waals surface area contributed by atoms with Crippen LogP contribution in [0.4, 0.5) is 27.6 Å². The zero-order chi connectivity index (χ0) is 28.8. The summed E-state index contributed by atoms with van der Waals surface area (Å²) in [6.45, 7) is 0. The van der Waals surface area contributed by atoms with Crippen molar-refractivity contribution in [2.24, 2.45) is 0 Å². The van der Waals surface area contributed by atoms with Crippen molar-refractivity contribution in [3.8, 4) is 16.9 Å². The SMILES string of the molecule is COc1cncc(-c2cc(NC(=O)c3cc(F)cc(C(F)(F)F)c3)c3c(c2)C(=O)NC3c2cc(F)ccc2Cl)c1. The maximum atomic E-state index is 14.1. The standard InChI is InChI=1S/C28H17ClF5N3O3/c1-40-19-6-15(11-35-12-19)13-7-21-24(25(37-27(21)39)20-10-17(30)2-3-22(20)29)23(8-13)36-26(38)14-4-16(28(32,33)34)9-18(31)5-14/h2-12,25H,1H3,(H,36,38)(H,37,39). The van der Waals surface area contributed by atoms with Crippen molar-refractivity contribution in [1.82, 2.24) is 10.3 Å². The van der Waals surface area contributed by atoms with Gasteiger partial charge in [0, 0.05) is 44.7 Å². The number of rotatable bonds is 5. The highest BCUT2D eigenvalue weighted by Crippen LogP contribution is 2.42. The number of hydrogen-bond acceptors (Lipinski definition) is 4. The van der Waals surface area contributed by atoms with E-state index in [4.69, 9.17) is 16.3 Å². The summed E-state index contributed by atoms with van der Waals surface area (Å²) in [4.78, 5) is 30.3. The Hall–Kier alpha value is -4.51. The summed E-state index contributed by atoms with van der Waals surface area (Å²) in [6.07, 6.45) is -1.96. The molecule has 4 aromatic rings. The smallest absolute Gasteiger partial charge is 0.416 e. The molecule has 0 aliphatic carbocycles. The molecule has 3 aromatic carbocycles. The largest absolute Gasteiger partial charge is 0.495 e. The normalized spacial score (nSPS) is 14.5. The Kier molecular flexibility index (Phi) is 6.92. The minimum Gasteiger partial charge on any atom is -0.495 e. The minimum absolute atomic E-state index is 0.00168. The lowest BCUT2D eigenvalue weighted by Crippen LogP contribution is -2.21. The maximum Gasteiger partial charge on any atom is 0.416 e. The van der Waals surface area contributed by atoms with Crippen LogP contribution in [0.25, 0.3) is 11.1 Å². The molecule has 5 rings (SSSR count). The van der Waals surface area contributed by atoms with E-state index in [2.05, 4.69) is 15.6 Å². The van der Waals surface area contributed by atoms with Gasteiger partial charge in [0.2, 0.25) is 0 Å². The van der Waals surface area contributed by atoms with Gasteiger partial charge in [-0.05, 0) is 60.2 Å². The molecule has 2 amide bonds. The highest BCUT2D eigenvalue weighted by molar-refractivity contribution is 6.31. The van der Waals surface area contributed by atoms with Gasteiger partial charge in [-0.1, -0.05) is 11.6 Å². The molecule has 204 valence electrons.